The summed E-state index contributed by atoms with van der Waals surface area (Å²) in [7, 11) is 0. The van der Waals surface area contributed by atoms with Crippen molar-refractivity contribution in [3.63, 3.8) is 0 Å². The van der Waals surface area contributed by atoms with Gasteiger partial charge in [-0.2, -0.15) is 0 Å². The summed E-state index contributed by atoms with van der Waals surface area (Å²) in [6, 6.07) is 0. The second-order valence-corrected chi connectivity index (χ2v) is 4.73. The van der Waals surface area contributed by atoms with Crippen LogP contribution < -0.4 is 0 Å². The molecule has 0 saturated heterocycles. The highest BCUT2D eigenvalue weighted by molar-refractivity contribution is 5.99. The molecule has 1 aliphatic rings. The van der Waals surface area contributed by atoms with Gasteiger partial charge in [-0.05, 0) is 39.5 Å². The van der Waals surface area contributed by atoms with E-state index < -0.39 is 17.4 Å². The number of esters is 2. The van der Waals surface area contributed by atoms with Crippen LogP contribution in [0.25, 0.3) is 0 Å². The lowest BCUT2D eigenvalue weighted by Gasteiger charge is -2.24. The Hall–Kier alpha value is -1.10. The van der Waals surface area contributed by atoms with Gasteiger partial charge in [0, 0.05) is 6.61 Å². The number of rotatable bonds is 8. The summed E-state index contributed by atoms with van der Waals surface area (Å²) < 4.78 is 15.3. The summed E-state index contributed by atoms with van der Waals surface area (Å²) in [6.07, 6.45) is 2.32. The Bertz CT molecular complexity index is 278. The van der Waals surface area contributed by atoms with E-state index in [9.17, 15) is 9.59 Å². The number of hydrogen-bond acceptors (Lipinski definition) is 5. The zero-order chi connectivity index (χ0) is 13.6. The van der Waals surface area contributed by atoms with Gasteiger partial charge in [-0.15, -0.1) is 0 Å². The summed E-state index contributed by atoms with van der Waals surface area (Å²) in [5, 5.41) is 0. The highest BCUT2D eigenvalue weighted by Crippen LogP contribution is 2.30. The van der Waals surface area contributed by atoms with Crippen LogP contribution in [0.3, 0.4) is 0 Å². The topological polar surface area (TPSA) is 61.8 Å². The Balaban J connectivity index is 2.58. The maximum absolute atomic E-state index is 11.9. The second-order valence-electron chi connectivity index (χ2n) is 4.73. The summed E-state index contributed by atoms with van der Waals surface area (Å²) >= 11 is 0. The van der Waals surface area contributed by atoms with Gasteiger partial charge < -0.3 is 14.2 Å². The smallest absolute Gasteiger partial charge is 0.325 e. The average Bonchev–Trinajstić information content (AvgIpc) is 3.13. The quantitative estimate of drug-likeness (QED) is 0.488. The summed E-state index contributed by atoms with van der Waals surface area (Å²) in [5.41, 5.74) is -1.36. The molecule has 0 aliphatic heterocycles. The van der Waals surface area contributed by atoms with Crippen LogP contribution >= 0.6 is 0 Å². The van der Waals surface area contributed by atoms with Gasteiger partial charge >= 0.3 is 11.9 Å². The zero-order valence-electron chi connectivity index (χ0n) is 11.4. The molecule has 0 spiro atoms. The third-order valence-electron chi connectivity index (χ3n) is 2.89. The van der Waals surface area contributed by atoms with Crippen molar-refractivity contribution >= 4 is 11.9 Å². The highest BCUT2D eigenvalue weighted by atomic mass is 16.6. The summed E-state index contributed by atoms with van der Waals surface area (Å²) in [6.45, 7) is 5.99. The lowest BCUT2D eigenvalue weighted by atomic mass is 9.92. The number of ether oxygens (including phenoxy) is 3. The molecule has 5 nitrogen and oxygen atoms in total. The van der Waals surface area contributed by atoms with E-state index in [0.717, 1.165) is 12.8 Å². The van der Waals surface area contributed by atoms with Gasteiger partial charge in [0.2, 0.25) is 0 Å². The fraction of sp³-hybridized carbons (Fsp3) is 0.846. The first-order valence-corrected chi connectivity index (χ1v) is 6.46. The lowest BCUT2D eigenvalue weighted by molar-refractivity contribution is -0.175. The Morgan fingerprint density at radius 3 is 2.00 bits per heavy atom. The van der Waals surface area contributed by atoms with Gasteiger partial charge in [-0.1, -0.05) is 0 Å². The Labute approximate surface area is 108 Å². The Morgan fingerprint density at radius 1 is 1.11 bits per heavy atom. The molecule has 18 heavy (non-hydrogen) atoms. The van der Waals surface area contributed by atoms with Crippen molar-refractivity contribution in [2.24, 2.45) is 11.3 Å². The van der Waals surface area contributed by atoms with Gasteiger partial charge in [0.1, 0.15) is 0 Å². The predicted octanol–water partition coefficient (Wildman–Crippen LogP) is 1.55. The van der Waals surface area contributed by atoms with Crippen LogP contribution in [0, 0.1) is 11.3 Å². The molecular formula is C13H22O5. The molecule has 0 aromatic carbocycles. The van der Waals surface area contributed by atoms with Crippen molar-refractivity contribution in [3.05, 3.63) is 0 Å². The molecule has 0 bridgehead atoms. The molecule has 0 heterocycles. The lowest BCUT2D eigenvalue weighted by Crippen LogP contribution is -2.43. The van der Waals surface area contributed by atoms with Crippen LogP contribution in [0.15, 0.2) is 0 Å². The van der Waals surface area contributed by atoms with Crippen LogP contribution in [-0.2, 0) is 23.8 Å². The summed E-state index contributed by atoms with van der Waals surface area (Å²) in [5.74, 6) is -0.586. The Kier molecular flexibility index (Phi) is 5.59. The molecule has 0 aromatic heterocycles. The molecule has 1 aliphatic carbocycles. The molecule has 0 amide bonds. The van der Waals surface area contributed by atoms with Crippen molar-refractivity contribution < 1.29 is 23.8 Å². The molecule has 104 valence electrons. The normalized spacial score (nSPS) is 15.3. The first-order chi connectivity index (χ1) is 8.54. The summed E-state index contributed by atoms with van der Waals surface area (Å²) in [4.78, 5) is 23.7. The molecule has 0 N–H and O–H groups in total. The third kappa shape index (κ3) is 3.98. The van der Waals surface area contributed by atoms with E-state index in [-0.39, 0.29) is 19.8 Å². The second kappa shape index (κ2) is 6.73. The maximum Gasteiger partial charge on any atom is 0.325 e. The van der Waals surface area contributed by atoms with E-state index in [1.54, 1.807) is 13.8 Å². The minimum Gasteiger partial charge on any atom is -0.465 e. The van der Waals surface area contributed by atoms with Gasteiger partial charge in [0.25, 0.3) is 0 Å². The fourth-order valence-electron chi connectivity index (χ4n) is 1.50. The average molecular weight is 258 g/mol. The molecule has 1 saturated carbocycles. The van der Waals surface area contributed by atoms with Crippen LogP contribution in [0.1, 0.15) is 33.6 Å². The van der Waals surface area contributed by atoms with Gasteiger partial charge in [-0.25, -0.2) is 0 Å². The maximum atomic E-state index is 11.9. The largest absolute Gasteiger partial charge is 0.465 e. The Morgan fingerprint density at radius 2 is 1.61 bits per heavy atom. The van der Waals surface area contributed by atoms with Crippen LogP contribution in [-0.4, -0.2) is 38.4 Å². The van der Waals surface area contributed by atoms with E-state index in [1.807, 2.05) is 0 Å². The molecule has 0 unspecified atom stereocenters. The van der Waals surface area contributed by atoms with Crippen molar-refractivity contribution in [3.8, 4) is 0 Å². The standard InChI is InChI=1S/C13H22O5/c1-4-17-11(14)13(3,12(15)18-5-2)9-16-8-10-6-7-10/h10H,4-9H2,1-3H3. The van der Waals surface area contributed by atoms with Crippen LogP contribution in [0.4, 0.5) is 0 Å². The van der Waals surface area contributed by atoms with E-state index in [1.165, 1.54) is 6.92 Å². The first kappa shape index (κ1) is 15.0. The molecule has 0 aromatic rings. The highest BCUT2D eigenvalue weighted by Gasteiger charge is 2.45. The predicted molar refractivity (Wildman–Crippen MR) is 64.9 cm³/mol. The van der Waals surface area contributed by atoms with E-state index in [2.05, 4.69) is 0 Å². The minimum atomic E-state index is -1.36. The van der Waals surface area contributed by atoms with E-state index in [0.29, 0.717) is 12.5 Å². The van der Waals surface area contributed by atoms with Crippen molar-refractivity contribution in [1.29, 1.82) is 0 Å². The first-order valence-electron chi connectivity index (χ1n) is 6.46. The molecular weight excluding hydrogens is 236 g/mol. The van der Waals surface area contributed by atoms with E-state index in [4.69, 9.17) is 14.2 Å². The van der Waals surface area contributed by atoms with Crippen molar-refractivity contribution in [2.75, 3.05) is 26.4 Å². The van der Waals surface area contributed by atoms with Gasteiger partial charge in [0.15, 0.2) is 5.41 Å². The molecule has 0 atom stereocenters. The number of carbonyl (C=O) groups is 2. The van der Waals surface area contributed by atoms with Crippen LogP contribution in [0.5, 0.6) is 0 Å². The van der Waals surface area contributed by atoms with Gasteiger partial charge in [-0.3, -0.25) is 9.59 Å². The SMILES string of the molecule is CCOC(=O)C(C)(COCC1CC1)C(=O)OCC. The molecule has 1 fully saturated rings. The zero-order valence-corrected chi connectivity index (χ0v) is 11.4. The third-order valence-corrected chi connectivity index (χ3v) is 2.89. The molecule has 0 radical (unpaired) electrons. The van der Waals surface area contributed by atoms with Crippen molar-refractivity contribution in [1.82, 2.24) is 0 Å². The van der Waals surface area contributed by atoms with E-state index >= 15 is 0 Å². The molecule has 1 rings (SSSR count). The van der Waals surface area contributed by atoms with Crippen LogP contribution in [0.2, 0.25) is 0 Å². The number of hydrogen-bond donors (Lipinski definition) is 0. The fourth-order valence-corrected chi connectivity index (χ4v) is 1.50. The number of carbonyl (C=O) groups excluding carboxylic acids is 2. The van der Waals surface area contributed by atoms with Crippen molar-refractivity contribution in [2.45, 2.75) is 33.6 Å². The minimum absolute atomic E-state index is 0.0150. The molecule has 5 heteroatoms. The van der Waals surface area contributed by atoms with Gasteiger partial charge in [0.05, 0.1) is 19.8 Å². The monoisotopic (exact) mass is 258 g/mol.